The number of aromatic amines is 1. The van der Waals surface area contributed by atoms with E-state index in [1.54, 1.807) is 0 Å². The minimum atomic E-state index is -4.00. The van der Waals surface area contributed by atoms with Crippen molar-refractivity contribution in [3.8, 4) is 0 Å². The Morgan fingerprint density at radius 3 is 2.53 bits per heavy atom. The van der Waals surface area contributed by atoms with E-state index in [0.29, 0.717) is 0 Å². The number of sulfonamides is 1. The van der Waals surface area contributed by atoms with Crippen molar-refractivity contribution in [1.29, 1.82) is 0 Å². The van der Waals surface area contributed by atoms with Crippen LogP contribution in [-0.2, 0) is 10.0 Å². The van der Waals surface area contributed by atoms with Gasteiger partial charge in [-0.15, -0.1) is 0 Å². The molecular weight excluding hydrogens is 272 g/mol. The summed E-state index contributed by atoms with van der Waals surface area (Å²) in [7, 11) is -4.00. The zero-order valence-corrected chi connectivity index (χ0v) is 9.63. The Labute approximate surface area is 98.9 Å². The molecule has 1 heterocycles. The molecule has 0 aliphatic rings. The zero-order chi connectivity index (χ0) is 12.8. The average molecular weight is 277 g/mol. The van der Waals surface area contributed by atoms with Gasteiger partial charge in [0.05, 0.1) is 15.3 Å². The van der Waals surface area contributed by atoms with Crippen LogP contribution < -0.4 is 16.5 Å². The number of hydrogen-bond donors (Lipinski definition) is 2. The first-order chi connectivity index (χ1) is 7.79. The van der Waals surface area contributed by atoms with Crippen molar-refractivity contribution in [2.75, 3.05) is 0 Å². The molecule has 0 amide bonds. The molecule has 1 aromatic heterocycles. The average Bonchev–Trinajstić information content (AvgIpc) is 2.17. The summed E-state index contributed by atoms with van der Waals surface area (Å²) in [6.45, 7) is 0. The Morgan fingerprint density at radius 1 is 1.29 bits per heavy atom. The van der Waals surface area contributed by atoms with Gasteiger partial charge in [0.2, 0.25) is 10.0 Å². The molecule has 0 saturated carbocycles. The SMILES string of the molecule is NS(=O)(=O)c1cc(Cl)c2oc(=O)[nH]c(=O)c2c1. The molecule has 0 bridgehead atoms. The highest BCUT2D eigenvalue weighted by Gasteiger charge is 2.15. The molecule has 0 aliphatic carbocycles. The van der Waals surface area contributed by atoms with Gasteiger partial charge in [0.1, 0.15) is 0 Å². The molecule has 7 nitrogen and oxygen atoms in total. The summed E-state index contributed by atoms with van der Waals surface area (Å²) in [5.74, 6) is -0.979. The van der Waals surface area contributed by atoms with Crippen LogP contribution in [0.3, 0.4) is 0 Å². The molecule has 0 radical (unpaired) electrons. The number of nitrogens with one attached hydrogen (secondary N) is 1. The lowest BCUT2D eigenvalue weighted by Gasteiger charge is -2.01. The van der Waals surface area contributed by atoms with Gasteiger partial charge in [0.15, 0.2) is 5.58 Å². The molecular formula is C8H5ClN2O5S. The van der Waals surface area contributed by atoms with E-state index in [1.807, 2.05) is 4.98 Å². The van der Waals surface area contributed by atoms with Crippen molar-refractivity contribution >= 4 is 32.6 Å². The Morgan fingerprint density at radius 2 is 1.94 bits per heavy atom. The smallest absolute Gasteiger partial charge is 0.408 e. The van der Waals surface area contributed by atoms with E-state index in [-0.39, 0.29) is 20.9 Å². The van der Waals surface area contributed by atoms with Gasteiger partial charge < -0.3 is 4.42 Å². The van der Waals surface area contributed by atoms with Crippen LogP contribution in [0.2, 0.25) is 5.02 Å². The van der Waals surface area contributed by atoms with E-state index in [2.05, 4.69) is 4.42 Å². The number of benzene rings is 1. The van der Waals surface area contributed by atoms with Gasteiger partial charge >= 0.3 is 5.76 Å². The molecule has 0 fully saturated rings. The second kappa shape index (κ2) is 3.69. The summed E-state index contributed by atoms with van der Waals surface area (Å²) in [4.78, 5) is 23.8. The highest BCUT2D eigenvalue weighted by molar-refractivity contribution is 7.89. The number of halogens is 1. The standard InChI is InChI=1S/C8H5ClN2O5S/c9-5-2-3(17(10,14)15)1-4-6(5)16-8(13)11-7(4)12/h1-2H,(H2,10,14,15)(H,11,12,13). The van der Waals surface area contributed by atoms with E-state index in [0.717, 1.165) is 12.1 Å². The normalized spacial score (nSPS) is 11.9. The molecule has 2 aromatic rings. The lowest BCUT2D eigenvalue weighted by atomic mass is 10.2. The quantitative estimate of drug-likeness (QED) is 0.745. The molecule has 1 aromatic carbocycles. The number of hydrogen-bond acceptors (Lipinski definition) is 5. The molecule has 0 unspecified atom stereocenters. The van der Waals surface area contributed by atoms with Gasteiger partial charge in [0, 0.05) is 0 Å². The van der Waals surface area contributed by atoms with Crippen molar-refractivity contribution < 1.29 is 12.8 Å². The molecule has 0 spiro atoms. The fraction of sp³-hybridized carbons (Fsp3) is 0. The monoisotopic (exact) mass is 276 g/mol. The maximum atomic E-state index is 11.4. The number of aromatic nitrogens is 1. The van der Waals surface area contributed by atoms with Crippen LogP contribution in [0.4, 0.5) is 0 Å². The maximum absolute atomic E-state index is 11.4. The first kappa shape index (κ1) is 11.8. The van der Waals surface area contributed by atoms with Gasteiger partial charge in [-0.1, -0.05) is 11.6 Å². The summed E-state index contributed by atoms with van der Waals surface area (Å²) in [5, 5.41) is 4.55. The van der Waals surface area contributed by atoms with Crippen LogP contribution in [0.5, 0.6) is 0 Å². The Bertz CT molecular complexity index is 820. The van der Waals surface area contributed by atoms with Crippen LogP contribution >= 0.6 is 11.6 Å². The van der Waals surface area contributed by atoms with Crippen molar-refractivity contribution in [3.63, 3.8) is 0 Å². The van der Waals surface area contributed by atoms with E-state index in [1.165, 1.54) is 0 Å². The summed E-state index contributed by atoms with van der Waals surface area (Å²) in [6.07, 6.45) is 0. The number of primary sulfonamides is 1. The topological polar surface area (TPSA) is 123 Å². The molecule has 17 heavy (non-hydrogen) atoms. The van der Waals surface area contributed by atoms with E-state index in [9.17, 15) is 18.0 Å². The summed E-state index contributed by atoms with van der Waals surface area (Å²) < 4.78 is 26.9. The first-order valence-electron chi connectivity index (χ1n) is 4.18. The highest BCUT2D eigenvalue weighted by Crippen LogP contribution is 2.23. The van der Waals surface area contributed by atoms with Crippen molar-refractivity contribution in [2.45, 2.75) is 4.90 Å². The second-order valence-electron chi connectivity index (χ2n) is 3.17. The van der Waals surface area contributed by atoms with Crippen LogP contribution in [0.15, 0.2) is 31.0 Å². The molecule has 3 N–H and O–H groups in total. The van der Waals surface area contributed by atoms with Gasteiger partial charge in [-0.3, -0.25) is 9.78 Å². The van der Waals surface area contributed by atoms with Crippen LogP contribution in [0.25, 0.3) is 11.0 Å². The van der Waals surface area contributed by atoms with Gasteiger partial charge in [0.25, 0.3) is 5.56 Å². The molecule has 90 valence electrons. The molecule has 2 rings (SSSR count). The van der Waals surface area contributed by atoms with E-state index < -0.39 is 21.3 Å². The minimum Gasteiger partial charge on any atom is -0.408 e. The Kier molecular flexibility index (Phi) is 2.57. The second-order valence-corrected chi connectivity index (χ2v) is 5.14. The number of nitrogens with two attached hydrogens (primary N) is 1. The van der Waals surface area contributed by atoms with Gasteiger partial charge in [-0.2, -0.15) is 0 Å². The fourth-order valence-corrected chi connectivity index (χ4v) is 2.17. The predicted octanol–water partition coefficient (Wildman–Crippen LogP) is -0.218. The third-order valence-corrected chi connectivity index (χ3v) is 3.17. The number of rotatable bonds is 1. The molecule has 0 aliphatic heterocycles. The summed E-state index contributed by atoms with van der Waals surface area (Å²) in [6, 6.07) is 1.99. The minimum absolute atomic E-state index is 0.166. The van der Waals surface area contributed by atoms with Crippen LogP contribution in [0, 0.1) is 0 Å². The third kappa shape index (κ3) is 2.09. The first-order valence-corrected chi connectivity index (χ1v) is 6.11. The van der Waals surface area contributed by atoms with Crippen molar-refractivity contribution in [1.82, 2.24) is 4.98 Å². The van der Waals surface area contributed by atoms with Gasteiger partial charge in [-0.05, 0) is 12.1 Å². The van der Waals surface area contributed by atoms with Crippen LogP contribution in [0.1, 0.15) is 0 Å². The lowest BCUT2D eigenvalue weighted by Crippen LogP contribution is -2.19. The molecule has 0 atom stereocenters. The summed E-state index contributed by atoms with van der Waals surface area (Å²) in [5.41, 5.74) is -0.989. The van der Waals surface area contributed by atoms with Gasteiger partial charge in [-0.25, -0.2) is 18.4 Å². The van der Waals surface area contributed by atoms with E-state index in [4.69, 9.17) is 16.7 Å². The number of H-pyrrole nitrogens is 1. The molecule has 9 heteroatoms. The van der Waals surface area contributed by atoms with Crippen molar-refractivity contribution in [3.05, 3.63) is 38.1 Å². The number of fused-ring (bicyclic) bond motifs is 1. The third-order valence-electron chi connectivity index (χ3n) is 2.00. The fourth-order valence-electron chi connectivity index (χ4n) is 1.28. The Hall–Kier alpha value is -1.64. The maximum Gasteiger partial charge on any atom is 0.419 e. The lowest BCUT2D eigenvalue weighted by molar-refractivity contribution is 0.528. The highest BCUT2D eigenvalue weighted by atomic mass is 35.5. The van der Waals surface area contributed by atoms with Crippen LogP contribution in [-0.4, -0.2) is 13.4 Å². The van der Waals surface area contributed by atoms with E-state index >= 15 is 0 Å². The largest absolute Gasteiger partial charge is 0.419 e. The summed E-state index contributed by atoms with van der Waals surface area (Å²) >= 11 is 5.71. The predicted molar refractivity (Wildman–Crippen MR) is 59.5 cm³/mol. The molecule has 0 saturated heterocycles. The Balaban J connectivity index is 3.03. The zero-order valence-electron chi connectivity index (χ0n) is 8.06. The van der Waals surface area contributed by atoms with Crippen molar-refractivity contribution in [2.24, 2.45) is 5.14 Å².